The molecule has 2 aliphatic rings. The predicted molar refractivity (Wildman–Crippen MR) is 153 cm³/mol. The number of carbonyl (C=O) groups is 2. The van der Waals surface area contributed by atoms with Gasteiger partial charge in [0.15, 0.2) is 11.4 Å². The molecule has 2 saturated heterocycles. The molecular formula is C31H34N6O3. The molecule has 9 heteroatoms. The lowest BCUT2D eigenvalue weighted by Gasteiger charge is -2.41. The number of rotatable bonds is 6. The number of aliphatic hydroxyl groups is 1. The van der Waals surface area contributed by atoms with E-state index in [1.807, 2.05) is 53.6 Å². The number of amides is 1. The van der Waals surface area contributed by atoms with Crippen LogP contribution >= 0.6 is 0 Å². The van der Waals surface area contributed by atoms with Gasteiger partial charge in [-0.05, 0) is 52.5 Å². The number of piperidine rings is 1. The van der Waals surface area contributed by atoms with E-state index < -0.39 is 5.60 Å². The minimum atomic E-state index is -1.41. The van der Waals surface area contributed by atoms with Gasteiger partial charge in [-0.1, -0.05) is 36.4 Å². The molecule has 2 bridgehead atoms. The summed E-state index contributed by atoms with van der Waals surface area (Å²) in [5.41, 5.74) is 4.16. The molecule has 2 unspecified atom stereocenters. The molecule has 2 aliphatic heterocycles. The van der Waals surface area contributed by atoms with Crippen molar-refractivity contribution in [2.24, 2.45) is 0 Å². The number of Topliss-reactive ketones (excluding diaryl/α,β-unsaturated/α-hetero) is 1. The largest absolute Gasteiger partial charge is 0.381 e. The van der Waals surface area contributed by atoms with Crippen molar-refractivity contribution in [3.05, 3.63) is 66.1 Å². The molecule has 4 aromatic rings. The highest BCUT2D eigenvalue weighted by Crippen LogP contribution is 2.45. The molecule has 9 nitrogen and oxygen atoms in total. The first-order valence-electron chi connectivity index (χ1n) is 13.8. The Morgan fingerprint density at radius 2 is 1.70 bits per heavy atom. The second kappa shape index (κ2) is 9.82. The first kappa shape index (κ1) is 26.1. The molecule has 1 aromatic carbocycles. The molecule has 3 atom stereocenters. The van der Waals surface area contributed by atoms with Crippen LogP contribution in [0.3, 0.4) is 0 Å². The standard InChI is InChI=1S/C31H34N6O3/c1-18(38)26-27(21-14-22-11-12-23(15-21)36(22)30(39)31(2,3)40)35-28-24(17-34-37(28)29(26)32-4)20-10-13-25(33-16-20)19-8-6-5-7-9-19/h5-10,13,16-17,21-23,32,40H,11-12,14-15H2,1-4H3/t21?,22-,23?/m0/s1. The summed E-state index contributed by atoms with van der Waals surface area (Å²) >= 11 is 0. The number of nitrogens with one attached hydrogen (secondary N) is 1. The number of nitrogens with zero attached hydrogens (tertiary/aromatic N) is 5. The van der Waals surface area contributed by atoms with Crippen molar-refractivity contribution in [2.75, 3.05) is 12.4 Å². The maximum atomic E-state index is 13.0. The SMILES string of the molecule is CNc1c(C(C)=O)c(C2CC3CC[C@@H](C2)N3C(=O)C(C)(C)O)nc2c(-c3ccc(-c4ccccc4)nc3)cnn12. The molecular weight excluding hydrogens is 504 g/mol. The van der Waals surface area contributed by atoms with Crippen molar-refractivity contribution < 1.29 is 14.7 Å². The number of pyridine rings is 1. The van der Waals surface area contributed by atoms with Gasteiger partial charge in [0.25, 0.3) is 5.91 Å². The number of hydrogen-bond acceptors (Lipinski definition) is 7. The Bertz CT molecular complexity index is 1580. The Balaban J connectivity index is 1.42. The van der Waals surface area contributed by atoms with Crippen molar-refractivity contribution in [2.45, 2.75) is 70.1 Å². The van der Waals surface area contributed by atoms with E-state index in [4.69, 9.17) is 9.97 Å². The minimum Gasteiger partial charge on any atom is -0.381 e. The zero-order valence-electron chi connectivity index (χ0n) is 23.3. The lowest BCUT2D eigenvalue weighted by atomic mass is 9.84. The second-order valence-corrected chi connectivity index (χ2v) is 11.4. The van der Waals surface area contributed by atoms with Crippen molar-refractivity contribution in [3.8, 4) is 22.4 Å². The minimum absolute atomic E-state index is 0.000636. The summed E-state index contributed by atoms with van der Waals surface area (Å²) in [7, 11) is 1.79. The third-order valence-corrected chi connectivity index (χ3v) is 8.29. The van der Waals surface area contributed by atoms with Crippen LogP contribution in [0.4, 0.5) is 5.82 Å². The molecule has 40 heavy (non-hydrogen) atoms. The molecule has 6 rings (SSSR count). The summed E-state index contributed by atoms with van der Waals surface area (Å²) in [6.07, 6.45) is 6.77. The molecule has 5 heterocycles. The Hall–Kier alpha value is -4.11. The van der Waals surface area contributed by atoms with Gasteiger partial charge in [0.05, 0.1) is 23.1 Å². The number of ketones is 1. The van der Waals surface area contributed by atoms with Crippen LogP contribution in [0.5, 0.6) is 0 Å². The van der Waals surface area contributed by atoms with E-state index >= 15 is 0 Å². The molecule has 0 saturated carbocycles. The molecule has 0 spiro atoms. The average Bonchev–Trinajstić information content (AvgIpc) is 3.48. The molecule has 0 aliphatic carbocycles. The van der Waals surface area contributed by atoms with Crippen LogP contribution < -0.4 is 5.32 Å². The highest BCUT2D eigenvalue weighted by Gasteiger charge is 2.47. The monoisotopic (exact) mass is 538 g/mol. The van der Waals surface area contributed by atoms with Crippen molar-refractivity contribution in [3.63, 3.8) is 0 Å². The number of fused-ring (bicyclic) bond motifs is 3. The summed E-state index contributed by atoms with van der Waals surface area (Å²) in [6.45, 7) is 4.66. The van der Waals surface area contributed by atoms with Gasteiger partial charge in [-0.15, -0.1) is 0 Å². The van der Waals surface area contributed by atoms with E-state index in [2.05, 4.69) is 10.4 Å². The van der Waals surface area contributed by atoms with Gasteiger partial charge in [-0.25, -0.2) is 4.98 Å². The van der Waals surface area contributed by atoms with Crippen LogP contribution in [0.15, 0.2) is 54.9 Å². The summed E-state index contributed by atoms with van der Waals surface area (Å²) in [5.74, 6) is 0.298. The molecule has 1 amide bonds. The van der Waals surface area contributed by atoms with Crippen LogP contribution in [0.25, 0.3) is 28.0 Å². The normalized spacial score (nSPS) is 20.6. The fourth-order valence-corrected chi connectivity index (χ4v) is 6.47. The molecule has 2 N–H and O–H groups in total. The summed E-state index contributed by atoms with van der Waals surface area (Å²) in [5, 5.41) is 18.2. The van der Waals surface area contributed by atoms with E-state index in [1.54, 1.807) is 38.5 Å². The first-order chi connectivity index (χ1) is 19.2. The quantitative estimate of drug-likeness (QED) is 0.342. The molecule has 0 radical (unpaired) electrons. The number of hydrogen-bond donors (Lipinski definition) is 2. The first-order valence-corrected chi connectivity index (χ1v) is 13.8. The van der Waals surface area contributed by atoms with E-state index in [0.717, 1.165) is 40.9 Å². The fraction of sp³-hybridized carbons (Fsp3) is 0.387. The second-order valence-electron chi connectivity index (χ2n) is 11.4. The van der Waals surface area contributed by atoms with Gasteiger partial charge in [0.2, 0.25) is 0 Å². The van der Waals surface area contributed by atoms with Crippen LogP contribution in [-0.2, 0) is 4.79 Å². The van der Waals surface area contributed by atoms with Gasteiger partial charge >= 0.3 is 0 Å². The lowest BCUT2D eigenvalue weighted by Crippen LogP contribution is -2.53. The van der Waals surface area contributed by atoms with Crippen LogP contribution in [0, 0.1) is 0 Å². The number of benzene rings is 1. The predicted octanol–water partition coefficient (Wildman–Crippen LogP) is 4.71. The summed E-state index contributed by atoms with van der Waals surface area (Å²) in [6, 6.07) is 14.1. The smallest absolute Gasteiger partial charge is 0.254 e. The summed E-state index contributed by atoms with van der Waals surface area (Å²) in [4.78, 5) is 37.8. The van der Waals surface area contributed by atoms with Gasteiger partial charge in [-0.2, -0.15) is 9.61 Å². The Kier molecular flexibility index (Phi) is 6.41. The molecule has 2 fully saturated rings. The zero-order valence-corrected chi connectivity index (χ0v) is 23.3. The van der Waals surface area contributed by atoms with Gasteiger partial charge in [0.1, 0.15) is 11.4 Å². The zero-order chi connectivity index (χ0) is 28.2. The third kappa shape index (κ3) is 4.34. The van der Waals surface area contributed by atoms with Crippen molar-refractivity contribution in [1.82, 2.24) is 24.5 Å². The van der Waals surface area contributed by atoms with Crippen molar-refractivity contribution >= 4 is 23.2 Å². The third-order valence-electron chi connectivity index (χ3n) is 8.29. The van der Waals surface area contributed by atoms with E-state index in [1.165, 1.54) is 0 Å². The average molecular weight is 539 g/mol. The maximum absolute atomic E-state index is 13.0. The highest BCUT2D eigenvalue weighted by atomic mass is 16.3. The van der Waals surface area contributed by atoms with Crippen LogP contribution in [0.1, 0.15) is 68.4 Å². The van der Waals surface area contributed by atoms with Gasteiger partial charge in [0, 0.05) is 47.9 Å². The lowest BCUT2D eigenvalue weighted by molar-refractivity contribution is -0.152. The van der Waals surface area contributed by atoms with E-state index in [9.17, 15) is 14.7 Å². The van der Waals surface area contributed by atoms with E-state index in [-0.39, 0.29) is 29.7 Å². The summed E-state index contributed by atoms with van der Waals surface area (Å²) < 4.78 is 1.70. The maximum Gasteiger partial charge on any atom is 0.254 e. The molecule has 3 aromatic heterocycles. The number of carbonyl (C=O) groups excluding carboxylic acids is 2. The number of aromatic nitrogens is 4. The van der Waals surface area contributed by atoms with Crippen molar-refractivity contribution in [1.29, 1.82) is 0 Å². The highest BCUT2D eigenvalue weighted by molar-refractivity contribution is 6.01. The van der Waals surface area contributed by atoms with Crippen LogP contribution in [0.2, 0.25) is 0 Å². The Morgan fingerprint density at radius 1 is 1.00 bits per heavy atom. The topological polar surface area (TPSA) is 113 Å². The molecule has 206 valence electrons. The number of anilines is 1. The Labute approximate surface area is 233 Å². The van der Waals surface area contributed by atoms with E-state index in [0.29, 0.717) is 29.9 Å². The Morgan fingerprint density at radius 3 is 2.27 bits per heavy atom. The van der Waals surface area contributed by atoms with Gasteiger partial charge < -0.3 is 15.3 Å². The van der Waals surface area contributed by atoms with Crippen LogP contribution in [-0.4, -0.2) is 66.0 Å². The fourth-order valence-electron chi connectivity index (χ4n) is 6.47. The van der Waals surface area contributed by atoms with Gasteiger partial charge in [-0.3, -0.25) is 14.6 Å².